The molecule has 0 unspecified atom stereocenters. The fourth-order valence-electron chi connectivity index (χ4n) is 1.28. The van der Waals surface area contributed by atoms with Crippen LogP contribution in [0.15, 0.2) is 34.4 Å². The van der Waals surface area contributed by atoms with Crippen LogP contribution in [0.4, 0.5) is 0 Å². The largest absolute Gasteiger partial charge is 0.0844 e. The molecule has 0 bridgehead atoms. The Kier molecular flexibility index (Phi) is 2.95. The molecule has 0 spiro atoms. The lowest BCUT2D eigenvalue weighted by Gasteiger charge is -2.03. The van der Waals surface area contributed by atoms with Crippen molar-refractivity contribution in [2.75, 3.05) is 0 Å². The summed E-state index contributed by atoms with van der Waals surface area (Å²) in [4.78, 5) is 0. The van der Waals surface area contributed by atoms with Gasteiger partial charge in [-0.25, -0.2) is 0 Å². The number of hydrogen-bond donors (Lipinski definition) is 0. The summed E-state index contributed by atoms with van der Waals surface area (Å²) >= 11 is 6.05. The van der Waals surface area contributed by atoms with Crippen LogP contribution in [-0.2, 0) is 0 Å². The molecule has 0 atom stereocenters. The summed E-state index contributed by atoms with van der Waals surface area (Å²) < 4.78 is 0. The van der Waals surface area contributed by atoms with Gasteiger partial charge in [-0.2, -0.15) is 0 Å². The molecule has 1 aliphatic rings. The molecule has 1 heteroatoms. The van der Waals surface area contributed by atoms with E-state index in [1.165, 1.54) is 11.1 Å². The monoisotopic (exact) mass is 168 g/mol. The van der Waals surface area contributed by atoms with Crippen molar-refractivity contribution in [3.05, 3.63) is 34.4 Å². The van der Waals surface area contributed by atoms with Crippen LogP contribution in [0.5, 0.6) is 0 Å². The van der Waals surface area contributed by atoms with E-state index < -0.39 is 0 Å². The number of allylic oxidation sites excluding steroid dienone is 6. The number of hydrogen-bond acceptors (Lipinski definition) is 0. The first-order chi connectivity index (χ1) is 5.25. The van der Waals surface area contributed by atoms with Gasteiger partial charge in [0, 0.05) is 5.03 Å². The summed E-state index contributed by atoms with van der Waals surface area (Å²) in [5.41, 5.74) is 2.58. The van der Waals surface area contributed by atoms with E-state index in [1.807, 2.05) is 0 Å². The first-order valence-electron chi connectivity index (χ1n) is 3.98. The standard InChI is InChI=1S/C10H13Cl/c1-3-9-8(2)6-4-5-7-10(9)11/h4,6-7H,3,5H2,1-2H3. The van der Waals surface area contributed by atoms with Gasteiger partial charge in [-0.1, -0.05) is 36.8 Å². The average molecular weight is 169 g/mol. The molecule has 0 radical (unpaired) electrons. The van der Waals surface area contributed by atoms with Crippen LogP contribution in [0, 0.1) is 0 Å². The second kappa shape index (κ2) is 3.77. The predicted molar refractivity (Wildman–Crippen MR) is 50.7 cm³/mol. The lowest BCUT2D eigenvalue weighted by Crippen LogP contribution is -1.83. The Hall–Kier alpha value is -0.490. The van der Waals surface area contributed by atoms with Gasteiger partial charge >= 0.3 is 0 Å². The zero-order valence-electron chi connectivity index (χ0n) is 7.02. The van der Waals surface area contributed by atoms with Gasteiger partial charge in [-0.05, 0) is 30.9 Å². The number of rotatable bonds is 1. The Balaban J connectivity index is 3.02. The topological polar surface area (TPSA) is 0 Å². The summed E-state index contributed by atoms with van der Waals surface area (Å²) in [7, 11) is 0. The van der Waals surface area contributed by atoms with Gasteiger partial charge in [0.15, 0.2) is 0 Å². The molecule has 0 amide bonds. The summed E-state index contributed by atoms with van der Waals surface area (Å²) in [6.07, 6.45) is 8.32. The van der Waals surface area contributed by atoms with Crippen LogP contribution in [-0.4, -0.2) is 0 Å². The van der Waals surface area contributed by atoms with Crippen LogP contribution in [0.25, 0.3) is 0 Å². The molecule has 1 rings (SSSR count). The average Bonchev–Trinajstić information content (AvgIpc) is 2.12. The molecule has 60 valence electrons. The fraction of sp³-hybridized carbons (Fsp3) is 0.400. The summed E-state index contributed by atoms with van der Waals surface area (Å²) in [6, 6.07) is 0. The van der Waals surface area contributed by atoms with E-state index in [0.29, 0.717) is 0 Å². The third kappa shape index (κ3) is 1.97. The minimum Gasteiger partial charge on any atom is -0.0844 e. The Morgan fingerprint density at radius 2 is 2.27 bits per heavy atom. The highest BCUT2D eigenvalue weighted by Crippen LogP contribution is 2.25. The second-order valence-electron chi connectivity index (χ2n) is 2.71. The lowest BCUT2D eigenvalue weighted by atomic mass is 10.1. The molecule has 11 heavy (non-hydrogen) atoms. The SMILES string of the molecule is CCC1=C(C)C=CCC=C1Cl. The lowest BCUT2D eigenvalue weighted by molar-refractivity contribution is 1.11. The van der Waals surface area contributed by atoms with Gasteiger partial charge < -0.3 is 0 Å². The molecule has 0 N–H and O–H groups in total. The summed E-state index contributed by atoms with van der Waals surface area (Å²) in [5, 5.41) is 0.926. The zero-order valence-corrected chi connectivity index (χ0v) is 7.78. The molecule has 0 aromatic heterocycles. The Morgan fingerprint density at radius 1 is 1.55 bits per heavy atom. The third-order valence-electron chi connectivity index (χ3n) is 1.92. The molecule has 0 saturated carbocycles. The first kappa shape index (κ1) is 8.61. The van der Waals surface area contributed by atoms with Crippen LogP contribution in [0.2, 0.25) is 0 Å². The summed E-state index contributed by atoms with van der Waals surface area (Å²) in [6.45, 7) is 4.24. The van der Waals surface area contributed by atoms with Crippen molar-refractivity contribution in [3.63, 3.8) is 0 Å². The van der Waals surface area contributed by atoms with Gasteiger partial charge in [0.1, 0.15) is 0 Å². The van der Waals surface area contributed by atoms with Crippen molar-refractivity contribution in [1.82, 2.24) is 0 Å². The van der Waals surface area contributed by atoms with Gasteiger partial charge in [0.25, 0.3) is 0 Å². The Morgan fingerprint density at radius 3 is 2.91 bits per heavy atom. The van der Waals surface area contributed by atoms with E-state index in [-0.39, 0.29) is 0 Å². The van der Waals surface area contributed by atoms with Crippen molar-refractivity contribution in [2.24, 2.45) is 0 Å². The predicted octanol–water partition coefficient (Wildman–Crippen LogP) is 3.80. The smallest absolute Gasteiger partial charge is 0.0403 e. The highest BCUT2D eigenvalue weighted by Gasteiger charge is 2.04. The minimum atomic E-state index is 0.926. The van der Waals surface area contributed by atoms with Gasteiger partial charge in [0.2, 0.25) is 0 Å². The van der Waals surface area contributed by atoms with Gasteiger partial charge in [0.05, 0.1) is 0 Å². The van der Waals surface area contributed by atoms with Crippen LogP contribution < -0.4 is 0 Å². The molecule has 0 aromatic rings. The highest BCUT2D eigenvalue weighted by molar-refractivity contribution is 6.32. The third-order valence-corrected chi connectivity index (χ3v) is 2.30. The molecule has 0 aliphatic heterocycles. The van der Waals surface area contributed by atoms with Crippen LogP contribution in [0.3, 0.4) is 0 Å². The normalized spacial score (nSPS) is 18.3. The first-order valence-corrected chi connectivity index (χ1v) is 4.35. The van der Waals surface area contributed by atoms with E-state index in [1.54, 1.807) is 0 Å². The van der Waals surface area contributed by atoms with E-state index in [0.717, 1.165) is 17.9 Å². The molecule has 0 heterocycles. The highest BCUT2D eigenvalue weighted by atomic mass is 35.5. The number of halogens is 1. The molecule has 0 fully saturated rings. The van der Waals surface area contributed by atoms with E-state index in [4.69, 9.17) is 11.6 Å². The Labute approximate surface area is 73.3 Å². The van der Waals surface area contributed by atoms with Crippen molar-refractivity contribution >= 4 is 11.6 Å². The van der Waals surface area contributed by atoms with Gasteiger partial charge in [-0.15, -0.1) is 0 Å². The molecular formula is C10H13Cl. The van der Waals surface area contributed by atoms with Crippen molar-refractivity contribution in [1.29, 1.82) is 0 Å². The van der Waals surface area contributed by atoms with Crippen molar-refractivity contribution in [2.45, 2.75) is 26.7 Å². The summed E-state index contributed by atoms with van der Waals surface area (Å²) in [5.74, 6) is 0. The maximum absolute atomic E-state index is 6.05. The van der Waals surface area contributed by atoms with Crippen LogP contribution >= 0.6 is 11.6 Å². The maximum Gasteiger partial charge on any atom is 0.0403 e. The molecule has 0 saturated heterocycles. The minimum absolute atomic E-state index is 0.926. The van der Waals surface area contributed by atoms with Crippen molar-refractivity contribution < 1.29 is 0 Å². The van der Waals surface area contributed by atoms with E-state index >= 15 is 0 Å². The maximum atomic E-state index is 6.05. The quantitative estimate of drug-likeness (QED) is 0.559. The fourth-order valence-corrected chi connectivity index (χ4v) is 1.65. The molecule has 0 aromatic carbocycles. The van der Waals surface area contributed by atoms with E-state index in [2.05, 4.69) is 32.1 Å². The van der Waals surface area contributed by atoms with Crippen LogP contribution in [0.1, 0.15) is 26.7 Å². The second-order valence-corrected chi connectivity index (χ2v) is 3.11. The zero-order chi connectivity index (χ0) is 8.27. The van der Waals surface area contributed by atoms with E-state index in [9.17, 15) is 0 Å². The van der Waals surface area contributed by atoms with Gasteiger partial charge in [-0.3, -0.25) is 0 Å². The van der Waals surface area contributed by atoms with Crippen molar-refractivity contribution in [3.8, 4) is 0 Å². The molecular weight excluding hydrogens is 156 g/mol. The Bertz CT molecular complexity index is 231. The molecule has 0 nitrogen and oxygen atoms in total. The molecule has 1 aliphatic carbocycles.